The summed E-state index contributed by atoms with van der Waals surface area (Å²) in [5.41, 5.74) is 3.14. The highest BCUT2D eigenvalue weighted by atomic mass is 14.8. The summed E-state index contributed by atoms with van der Waals surface area (Å²) in [5, 5.41) is 3.23. The van der Waals surface area contributed by atoms with Gasteiger partial charge in [-0.25, -0.2) is 0 Å². The van der Waals surface area contributed by atoms with Crippen molar-refractivity contribution in [1.82, 2.24) is 5.32 Å². The topological polar surface area (TPSA) is 12.0 Å². The van der Waals surface area contributed by atoms with E-state index in [1.54, 1.807) is 0 Å². The van der Waals surface area contributed by atoms with Crippen LogP contribution >= 0.6 is 0 Å². The van der Waals surface area contributed by atoms with Crippen LogP contribution in [0.25, 0.3) is 0 Å². The van der Waals surface area contributed by atoms with Gasteiger partial charge in [-0.1, -0.05) is 52.0 Å². The molecular weight excluding hydrogens is 206 g/mol. The molecule has 0 heterocycles. The van der Waals surface area contributed by atoms with Crippen molar-refractivity contribution >= 4 is 0 Å². The van der Waals surface area contributed by atoms with E-state index in [0.29, 0.717) is 0 Å². The van der Waals surface area contributed by atoms with Crippen LogP contribution in [-0.2, 0) is 11.8 Å². The first-order valence-corrected chi connectivity index (χ1v) is 6.67. The van der Waals surface area contributed by atoms with Crippen molar-refractivity contribution < 1.29 is 0 Å². The monoisotopic (exact) mass is 233 g/mol. The van der Waals surface area contributed by atoms with Gasteiger partial charge in [0.15, 0.2) is 0 Å². The Balaban J connectivity index is 2.51. The maximum absolute atomic E-state index is 3.23. The standard InChI is InChI=1S/C16H27N/c1-13(12-17-5)6-7-14-8-10-15(11-9-14)16(2,3)4/h8-11,13,17H,6-7,12H2,1-5H3. The van der Waals surface area contributed by atoms with E-state index in [9.17, 15) is 0 Å². The van der Waals surface area contributed by atoms with E-state index in [0.717, 1.165) is 12.5 Å². The van der Waals surface area contributed by atoms with Gasteiger partial charge in [-0.15, -0.1) is 0 Å². The summed E-state index contributed by atoms with van der Waals surface area (Å²) >= 11 is 0. The average molecular weight is 233 g/mol. The molecule has 17 heavy (non-hydrogen) atoms. The highest BCUT2D eigenvalue weighted by Gasteiger charge is 2.12. The van der Waals surface area contributed by atoms with Crippen molar-refractivity contribution in [3.8, 4) is 0 Å². The Morgan fingerprint density at radius 2 is 1.71 bits per heavy atom. The van der Waals surface area contributed by atoms with Crippen LogP contribution < -0.4 is 5.32 Å². The summed E-state index contributed by atoms with van der Waals surface area (Å²) in [6.45, 7) is 10.2. The van der Waals surface area contributed by atoms with Gasteiger partial charge in [-0.05, 0) is 48.9 Å². The first-order valence-electron chi connectivity index (χ1n) is 6.67. The predicted octanol–water partition coefficient (Wildman–Crippen LogP) is 3.77. The molecule has 0 radical (unpaired) electrons. The lowest BCUT2D eigenvalue weighted by Crippen LogP contribution is -2.16. The third kappa shape index (κ3) is 4.91. The van der Waals surface area contributed by atoms with E-state index >= 15 is 0 Å². The van der Waals surface area contributed by atoms with Gasteiger partial charge in [0.1, 0.15) is 0 Å². The molecule has 1 unspecified atom stereocenters. The van der Waals surface area contributed by atoms with Crippen LogP contribution in [0.3, 0.4) is 0 Å². The molecule has 0 aliphatic carbocycles. The maximum Gasteiger partial charge on any atom is -0.00260 e. The van der Waals surface area contributed by atoms with Crippen LogP contribution in [0.4, 0.5) is 0 Å². The van der Waals surface area contributed by atoms with Crippen LogP contribution in [0.5, 0.6) is 0 Å². The molecule has 1 atom stereocenters. The minimum Gasteiger partial charge on any atom is -0.319 e. The van der Waals surface area contributed by atoms with Gasteiger partial charge in [-0.2, -0.15) is 0 Å². The van der Waals surface area contributed by atoms with Gasteiger partial charge in [-0.3, -0.25) is 0 Å². The van der Waals surface area contributed by atoms with Crippen molar-refractivity contribution in [1.29, 1.82) is 0 Å². The molecule has 0 amide bonds. The first-order chi connectivity index (χ1) is 7.93. The third-order valence-electron chi connectivity index (χ3n) is 3.30. The number of benzene rings is 1. The van der Waals surface area contributed by atoms with Crippen molar-refractivity contribution in [2.75, 3.05) is 13.6 Å². The van der Waals surface area contributed by atoms with Gasteiger partial charge < -0.3 is 5.32 Å². The van der Waals surface area contributed by atoms with E-state index in [-0.39, 0.29) is 5.41 Å². The van der Waals surface area contributed by atoms with Crippen LogP contribution in [0.2, 0.25) is 0 Å². The van der Waals surface area contributed by atoms with E-state index in [1.165, 1.54) is 24.0 Å². The molecule has 0 aliphatic rings. The first kappa shape index (κ1) is 14.2. The van der Waals surface area contributed by atoms with E-state index in [4.69, 9.17) is 0 Å². The molecule has 0 saturated carbocycles. The normalized spacial score (nSPS) is 13.7. The maximum atomic E-state index is 3.23. The SMILES string of the molecule is CNCC(C)CCc1ccc(C(C)(C)C)cc1. The molecule has 0 saturated heterocycles. The molecule has 1 aromatic carbocycles. The van der Waals surface area contributed by atoms with Crippen molar-refractivity contribution in [3.05, 3.63) is 35.4 Å². The Morgan fingerprint density at radius 3 is 2.18 bits per heavy atom. The summed E-state index contributed by atoms with van der Waals surface area (Å²) in [4.78, 5) is 0. The summed E-state index contributed by atoms with van der Waals surface area (Å²) in [6.07, 6.45) is 2.45. The Bertz CT molecular complexity index is 318. The Labute approximate surface area is 107 Å². The number of hydrogen-bond donors (Lipinski definition) is 1. The number of rotatable bonds is 5. The number of nitrogens with one attached hydrogen (secondary N) is 1. The highest BCUT2D eigenvalue weighted by molar-refractivity contribution is 5.27. The molecule has 0 fully saturated rings. The Hall–Kier alpha value is -0.820. The van der Waals surface area contributed by atoms with Crippen LogP contribution in [0.15, 0.2) is 24.3 Å². The van der Waals surface area contributed by atoms with E-state index in [2.05, 4.69) is 57.3 Å². The van der Waals surface area contributed by atoms with Gasteiger partial charge in [0.05, 0.1) is 0 Å². The quantitative estimate of drug-likeness (QED) is 0.816. The fraction of sp³-hybridized carbons (Fsp3) is 0.625. The average Bonchev–Trinajstić information content (AvgIpc) is 2.26. The summed E-state index contributed by atoms with van der Waals surface area (Å²) in [6, 6.07) is 9.12. The minimum absolute atomic E-state index is 0.262. The lowest BCUT2D eigenvalue weighted by atomic mass is 9.86. The lowest BCUT2D eigenvalue weighted by Gasteiger charge is -2.19. The van der Waals surface area contributed by atoms with Crippen molar-refractivity contribution in [2.24, 2.45) is 5.92 Å². The summed E-state index contributed by atoms with van der Waals surface area (Å²) < 4.78 is 0. The second-order valence-electron chi connectivity index (χ2n) is 6.15. The predicted molar refractivity (Wildman–Crippen MR) is 76.6 cm³/mol. The zero-order valence-corrected chi connectivity index (χ0v) is 12.0. The summed E-state index contributed by atoms with van der Waals surface area (Å²) in [7, 11) is 2.02. The molecule has 1 N–H and O–H groups in total. The second kappa shape index (κ2) is 6.20. The number of hydrogen-bond acceptors (Lipinski definition) is 1. The number of aryl methyl sites for hydroxylation is 1. The molecule has 1 rings (SSSR count). The molecule has 0 spiro atoms. The third-order valence-corrected chi connectivity index (χ3v) is 3.30. The molecule has 0 aliphatic heterocycles. The molecule has 0 bridgehead atoms. The zero-order chi connectivity index (χ0) is 12.9. The smallest absolute Gasteiger partial charge is 0.00260 e. The second-order valence-corrected chi connectivity index (χ2v) is 6.15. The molecule has 0 aromatic heterocycles. The van der Waals surface area contributed by atoms with Crippen LogP contribution in [0, 0.1) is 5.92 Å². The van der Waals surface area contributed by atoms with Crippen molar-refractivity contribution in [2.45, 2.75) is 46.0 Å². The molecule has 96 valence electrons. The van der Waals surface area contributed by atoms with Gasteiger partial charge in [0, 0.05) is 0 Å². The molecule has 1 heteroatoms. The van der Waals surface area contributed by atoms with Crippen LogP contribution in [0.1, 0.15) is 45.2 Å². The van der Waals surface area contributed by atoms with Crippen LogP contribution in [-0.4, -0.2) is 13.6 Å². The van der Waals surface area contributed by atoms with Gasteiger partial charge >= 0.3 is 0 Å². The fourth-order valence-corrected chi connectivity index (χ4v) is 2.04. The Morgan fingerprint density at radius 1 is 1.12 bits per heavy atom. The fourth-order valence-electron chi connectivity index (χ4n) is 2.04. The molecule has 1 nitrogen and oxygen atoms in total. The Kier molecular flexibility index (Phi) is 5.20. The highest BCUT2D eigenvalue weighted by Crippen LogP contribution is 2.22. The molecule has 1 aromatic rings. The lowest BCUT2D eigenvalue weighted by molar-refractivity contribution is 0.504. The largest absolute Gasteiger partial charge is 0.319 e. The van der Waals surface area contributed by atoms with Crippen molar-refractivity contribution in [3.63, 3.8) is 0 Å². The zero-order valence-electron chi connectivity index (χ0n) is 12.0. The minimum atomic E-state index is 0.262. The molecular formula is C16H27N. The van der Waals surface area contributed by atoms with E-state index < -0.39 is 0 Å². The summed E-state index contributed by atoms with van der Waals surface area (Å²) in [5.74, 6) is 0.752. The van der Waals surface area contributed by atoms with Gasteiger partial charge in [0.25, 0.3) is 0 Å². The van der Waals surface area contributed by atoms with E-state index in [1.807, 2.05) is 7.05 Å². The van der Waals surface area contributed by atoms with Gasteiger partial charge in [0.2, 0.25) is 0 Å².